The average molecular weight is 367 g/mol. The van der Waals surface area contributed by atoms with Crippen molar-refractivity contribution >= 4 is 10.0 Å². The maximum Gasteiger partial charge on any atom is 0.243 e. The van der Waals surface area contributed by atoms with E-state index in [1.165, 1.54) is 0 Å². The minimum atomic E-state index is -3.52. The van der Waals surface area contributed by atoms with E-state index in [1.807, 2.05) is 19.1 Å². The zero-order valence-electron chi connectivity index (χ0n) is 15.5. The first kappa shape index (κ1) is 18.8. The number of piperidine rings is 1. The summed E-state index contributed by atoms with van der Waals surface area (Å²) in [5.74, 6) is 0.423. The fraction of sp³-hybridized carbons (Fsp3) is 0.684. The van der Waals surface area contributed by atoms with Crippen molar-refractivity contribution in [2.45, 2.75) is 56.6 Å². The molecule has 0 aromatic heterocycles. The summed E-state index contributed by atoms with van der Waals surface area (Å²) in [6.07, 6.45) is 2.54. The molecule has 1 atom stereocenters. The zero-order valence-corrected chi connectivity index (χ0v) is 16.3. The van der Waals surface area contributed by atoms with Crippen molar-refractivity contribution in [3.8, 4) is 0 Å². The van der Waals surface area contributed by atoms with E-state index in [1.54, 1.807) is 16.4 Å². The minimum absolute atomic E-state index is 0.0909. The molecule has 1 aromatic carbocycles. The van der Waals surface area contributed by atoms with E-state index in [4.69, 9.17) is 4.74 Å². The molecule has 2 saturated heterocycles. The van der Waals surface area contributed by atoms with Gasteiger partial charge < -0.3 is 10.1 Å². The van der Waals surface area contributed by atoms with E-state index >= 15 is 0 Å². The van der Waals surface area contributed by atoms with Crippen LogP contribution in [0.2, 0.25) is 0 Å². The van der Waals surface area contributed by atoms with Gasteiger partial charge in [0.05, 0.1) is 17.1 Å². The Kier molecular flexibility index (Phi) is 5.54. The van der Waals surface area contributed by atoms with Gasteiger partial charge in [0.15, 0.2) is 0 Å². The number of nitrogens with zero attached hydrogens (tertiary/aromatic N) is 1. The quantitative estimate of drug-likeness (QED) is 0.890. The van der Waals surface area contributed by atoms with Crippen LogP contribution in [0.25, 0.3) is 0 Å². The summed E-state index contributed by atoms with van der Waals surface area (Å²) in [6, 6.07) is 7.09. The summed E-state index contributed by atoms with van der Waals surface area (Å²) in [7, 11) is -3.52. The third kappa shape index (κ3) is 4.08. The number of hydrogen-bond donors (Lipinski definition) is 1. The molecular weight excluding hydrogens is 336 g/mol. The molecule has 3 rings (SSSR count). The van der Waals surface area contributed by atoms with Crippen molar-refractivity contribution in [1.29, 1.82) is 0 Å². The van der Waals surface area contributed by atoms with E-state index in [0.29, 0.717) is 24.0 Å². The largest absolute Gasteiger partial charge is 0.372 e. The van der Waals surface area contributed by atoms with Crippen LogP contribution < -0.4 is 5.32 Å². The van der Waals surface area contributed by atoms with Crippen LogP contribution in [-0.2, 0) is 14.8 Å². The molecule has 0 aliphatic carbocycles. The number of benzene rings is 1. The van der Waals surface area contributed by atoms with Crippen molar-refractivity contribution in [3.63, 3.8) is 0 Å². The van der Waals surface area contributed by atoms with Gasteiger partial charge in [-0.25, -0.2) is 8.42 Å². The summed E-state index contributed by atoms with van der Waals surface area (Å²) < 4.78 is 34.7. The summed E-state index contributed by atoms with van der Waals surface area (Å²) in [5.41, 5.74) is 0.728. The molecule has 1 aromatic rings. The number of rotatable bonds is 4. The van der Waals surface area contributed by atoms with Crippen molar-refractivity contribution in [2.75, 3.05) is 26.2 Å². The molecule has 25 heavy (non-hydrogen) atoms. The summed E-state index contributed by atoms with van der Waals surface area (Å²) in [4.78, 5) is 0.387. The Labute approximate surface area is 151 Å². The van der Waals surface area contributed by atoms with Gasteiger partial charge in [-0.2, -0.15) is 4.31 Å². The van der Waals surface area contributed by atoms with Crippen LogP contribution in [0, 0.1) is 12.8 Å². The molecule has 2 aliphatic rings. The molecule has 2 fully saturated rings. The Bertz CT molecular complexity index is 679. The van der Waals surface area contributed by atoms with Gasteiger partial charge in [-0.3, -0.25) is 0 Å². The maximum absolute atomic E-state index is 13.4. The maximum atomic E-state index is 13.4. The molecule has 0 saturated carbocycles. The summed E-state index contributed by atoms with van der Waals surface area (Å²) in [5, 5.41) is 3.34. The number of sulfonamides is 1. The minimum Gasteiger partial charge on any atom is -0.372 e. The highest BCUT2D eigenvalue weighted by Crippen LogP contribution is 2.34. The van der Waals surface area contributed by atoms with Crippen molar-refractivity contribution < 1.29 is 13.2 Å². The Hall–Kier alpha value is -0.950. The highest BCUT2D eigenvalue weighted by Gasteiger charge is 2.46. The number of morpholine rings is 1. The van der Waals surface area contributed by atoms with Gasteiger partial charge in [0, 0.05) is 12.6 Å². The van der Waals surface area contributed by atoms with E-state index in [-0.39, 0.29) is 11.6 Å². The standard InChI is InChI=1S/C19H30N2O3S/c1-15(2)12-17-13-24-19(8-10-20-11-9-19)14-21(17)25(22,23)18-6-4-16(3)5-7-18/h4-7,15,17,20H,8-14H2,1-3H3/t17-/m0/s1. The normalized spacial score (nSPS) is 24.7. The molecule has 1 spiro atoms. The molecule has 140 valence electrons. The van der Waals surface area contributed by atoms with Gasteiger partial charge in [-0.1, -0.05) is 31.5 Å². The van der Waals surface area contributed by atoms with Gasteiger partial charge >= 0.3 is 0 Å². The van der Waals surface area contributed by atoms with Crippen LogP contribution in [0.15, 0.2) is 29.2 Å². The first-order valence-corrected chi connectivity index (χ1v) is 10.7. The van der Waals surface area contributed by atoms with Crippen LogP contribution in [0.3, 0.4) is 0 Å². The summed E-state index contributed by atoms with van der Waals surface area (Å²) >= 11 is 0. The smallest absolute Gasteiger partial charge is 0.243 e. The van der Waals surface area contributed by atoms with E-state index in [9.17, 15) is 8.42 Å². The van der Waals surface area contributed by atoms with Gasteiger partial charge in [-0.05, 0) is 57.3 Å². The Morgan fingerprint density at radius 1 is 1.24 bits per heavy atom. The molecule has 5 nitrogen and oxygen atoms in total. The molecule has 0 amide bonds. The van der Waals surface area contributed by atoms with Gasteiger partial charge in [0.1, 0.15) is 0 Å². The molecule has 0 unspecified atom stereocenters. The van der Waals surface area contributed by atoms with Crippen LogP contribution in [0.4, 0.5) is 0 Å². The van der Waals surface area contributed by atoms with Crippen LogP contribution >= 0.6 is 0 Å². The Morgan fingerprint density at radius 2 is 1.88 bits per heavy atom. The fourth-order valence-corrected chi connectivity index (χ4v) is 5.55. The number of ether oxygens (including phenoxy) is 1. The van der Waals surface area contributed by atoms with Gasteiger partial charge in [0.2, 0.25) is 10.0 Å². The second-order valence-electron chi connectivity index (χ2n) is 7.89. The van der Waals surface area contributed by atoms with E-state index in [0.717, 1.165) is 37.9 Å². The predicted molar refractivity (Wildman–Crippen MR) is 99.1 cm³/mol. The van der Waals surface area contributed by atoms with Crippen LogP contribution in [-0.4, -0.2) is 50.6 Å². The molecule has 2 aliphatic heterocycles. The van der Waals surface area contributed by atoms with Crippen molar-refractivity contribution in [3.05, 3.63) is 29.8 Å². The number of nitrogens with one attached hydrogen (secondary N) is 1. The first-order chi connectivity index (χ1) is 11.8. The lowest BCUT2D eigenvalue weighted by Gasteiger charge is -2.48. The third-order valence-corrected chi connectivity index (χ3v) is 7.23. The highest BCUT2D eigenvalue weighted by atomic mass is 32.2. The molecular formula is C19H30N2O3S. The second-order valence-corrected chi connectivity index (χ2v) is 9.78. The molecule has 0 radical (unpaired) electrons. The average Bonchev–Trinajstić information content (AvgIpc) is 2.57. The molecule has 0 bridgehead atoms. The number of hydrogen-bond acceptors (Lipinski definition) is 4. The lowest BCUT2D eigenvalue weighted by atomic mass is 9.89. The van der Waals surface area contributed by atoms with Crippen molar-refractivity contribution in [1.82, 2.24) is 9.62 Å². The second kappa shape index (κ2) is 7.35. The fourth-order valence-electron chi connectivity index (χ4n) is 3.86. The monoisotopic (exact) mass is 366 g/mol. The summed E-state index contributed by atoms with van der Waals surface area (Å²) in [6.45, 7) is 8.94. The van der Waals surface area contributed by atoms with Gasteiger partial charge in [-0.15, -0.1) is 0 Å². The lowest BCUT2D eigenvalue weighted by molar-refractivity contribution is -0.128. The topological polar surface area (TPSA) is 58.6 Å². The lowest BCUT2D eigenvalue weighted by Crippen LogP contribution is -2.61. The zero-order chi connectivity index (χ0) is 18.1. The van der Waals surface area contributed by atoms with E-state index < -0.39 is 10.0 Å². The predicted octanol–water partition coefficient (Wildman–Crippen LogP) is 2.55. The van der Waals surface area contributed by atoms with Crippen LogP contribution in [0.1, 0.15) is 38.7 Å². The molecule has 2 heterocycles. The van der Waals surface area contributed by atoms with E-state index in [2.05, 4.69) is 19.2 Å². The Morgan fingerprint density at radius 3 is 2.48 bits per heavy atom. The van der Waals surface area contributed by atoms with Crippen LogP contribution in [0.5, 0.6) is 0 Å². The molecule has 6 heteroatoms. The highest BCUT2D eigenvalue weighted by molar-refractivity contribution is 7.89. The van der Waals surface area contributed by atoms with Crippen molar-refractivity contribution in [2.24, 2.45) is 5.92 Å². The first-order valence-electron chi connectivity index (χ1n) is 9.26. The van der Waals surface area contributed by atoms with Gasteiger partial charge in [0.25, 0.3) is 0 Å². The molecule has 1 N–H and O–H groups in total. The number of aryl methyl sites for hydroxylation is 1. The SMILES string of the molecule is Cc1ccc(S(=O)(=O)N2CC3(CCNCC3)OC[C@@H]2CC(C)C)cc1. The third-order valence-electron chi connectivity index (χ3n) is 5.32. The Balaban J connectivity index is 1.92.